The Morgan fingerprint density at radius 2 is 2.00 bits per heavy atom. The van der Waals surface area contributed by atoms with E-state index >= 15 is 0 Å². The van der Waals surface area contributed by atoms with E-state index in [0.717, 1.165) is 12.2 Å². The molecule has 0 amide bonds. The Balaban J connectivity index is 0. The quantitative estimate of drug-likeness (QED) is 0.531. The predicted octanol–water partition coefficient (Wildman–Crippen LogP) is 3.10. The molecule has 0 saturated heterocycles. The van der Waals surface area contributed by atoms with Crippen LogP contribution in [-0.4, -0.2) is 0 Å². The summed E-state index contributed by atoms with van der Waals surface area (Å²) < 4.78 is 4.76. The molecule has 1 heteroatoms. The zero-order valence-electron chi connectivity index (χ0n) is 6.61. The number of hydrogen-bond acceptors (Lipinski definition) is 1. The maximum Gasteiger partial charge on any atom is 0.0957 e. The largest absolute Gasteiger partial charge is 0.471 e. The lowest BCUT2D eigenvalue weighted by molar-refractivity contribution is 0.342. The van der Waals surface area contributed by atoms with Gasteiger partial charge >= 0.3 is 0 Å². The van der Waals surface area contributed by atoms with Crippen LogP contribution < -0.4 is 0 Å². The van der Waals surface area contributed by atoms with Gasteiger partial charge in [0.15, 0.2) is 0 Å². The molecule has 0 atom stereocenters. The van der Waals surface area contributed by atoms with Gasteiger partial charge in [-0.1, -0.05) is 33.9 Å². The Hall–Kier alpha value is -0.720. The van der Waals surface area contributed by atoms with Crippen LogP contribution in [0.2, 0.25) is 0 Å². The normalized spacial score (nSPS) is 6.56. The Bertz CT molecular complexity index is 74.6. The van der Waals surface area contributed by atoms with Crippen molar-refractivity contribution in [2.45, 2.75) is 27.2 Å². The van der Waals surface area contributed by atoms with Gasteiger partial charge in [0.25, 0.3) is 0 Å². The third-order valence-electron chi connectivity index (χ3n) is 0.644. The standard InChI is InChI=1S/C6H10O.C2H6/c1-4-6(3)7-5-2;1-2/h5H,2-4H2,1H3;1-2H3. The molecule has 0 aromatic heterocycles. The fourth-order valence-corrected chi connectivity index (χ4v) is 0.201. The first-order valence-electron chi connectivity index (χ1n) is 3.26. The Morgan fingerprint density at radius 1 is 1.56 bits per heavy atom. The third kappa shape index (κ3) is 11.1. The van der Waals surface area contributed by atoms with E-state index in [0.29, 0.717) is 0 Å². The number of hydrogen-bond donors (Lipinski definition) is 0. The van der Waals surface area contributed by atoms with E-state index in [2.05, 4.69) is 13.2 Å². The maximum atomic E-state index is 4.76. The van der Waals surface area contributed by atoms with Crippen LogP contribution in [-0.2, 0) is 4.74 Å². The summed E-state index contributed by atoms with van der Waals surface area (Å²) >= 11 is 0. The highest BCUT2D eigenvalue weighted by molar-refractivity contribution is 4.81. The smallest absolute Gasteiger partial charge is 0.0957 e. The molecule has 0 rings (SSSR count). The molecule has 0 aliphatic carbocycles. The lowest BCUT2D eigenvalue weighted by Gasteiger charge is -1.95. The van der Waals surface area contributed by atoms with Gasteiger partial charge < -0.3 is 4.74 Å². The first-order valence-corrected chi connectivity index (χ1v) is 3.26. The molecular formula is C8H16O. The van der Waals surface area contributed by atoms with Gasteiger partial charge in [0.05, 0.1) is 12.0 Å². The van der Waals surface area contributed by atoms with Crippen molar-refractivity contribution >= 4 is 0 Å². The van der Waals surface area contributed by atoms with Gasteiger partial charge in [-0.25, -0.2) is 0 Å². The fraction of sp³-hybridized carbons (Fsp3) is 0.500. The van der Waals surface area contributed by atoms with E-state index in [1.807, 2.05) is 20.8 Å². The van der Waals surface area contributed by atoms with Crippen molar-refractivity contribution in [3.05, 3.63) is 25.2 Å². The molecule has 54 valence electrons. The van der Waals surface area contributed by atoms with Crippen LogP contribution in [0.4, 0.5) is 0 Å². The molecule has 1 nitrogen and oxygen atoms in total. The van der Waals surface area contributed by atoms with Crippen LogP contribution in [0.3, 0.4) is 0 Å². The molecular weight excluding hydrogens is 112 g/mol. The number of rotatable bonds is 3. The van der Waals surface area contributed by atoms with Crippen molar-refractivity contribution in [2.24, 2.45) is 0 Å². The van der Waals surface area contributed by atoms with Crippen LogP contribution in [0, 0.1) is 0 Å². The van der Waals surface area contributed by atoms with Crippen molar-refractivity contribution in [2.75, 3.05) is 0 Å². The summed E-state index contributed by atoms with van der Waals surface area (Å²) in [5, 5.41) is 0. The molecule has 0 spiro atoms. The minimum Gasteiger partial charge on any atom is -0.471 e. The molecule has 0 aromatic carbocycles. The molecule has 9 heavy (non-hydrogen) atoms. The van der Waals surface area contributed by atoms with E-state index < -0.39 is 0 Å². The van der Waals surface area contributed by atoms with Gasteiger partial charge in [0.1, 0.15) is 0 Å². The Labute approximate surface area is 58.0 Å². The molecule has 0 fully saturated rings. The highest BCUT2D eigenvalue weighted by atomic mass is 16.5. The number of ether oxygens (including phenoxy) is 1. The topological polar surface area (TPSA) is 9.23 Å². The monoisotopic (exact) mass is 128 g/mol. The highest BCUT2D eigenvalue weighted by Gasteiger charge is 1.80. The van der Waals surface area contributed by atoms with Gasteiger partial charge in [-0.2, -0.15) is 0 Å². The van der Waals surface area contributed by atoms with Crippen molar-refractivity contribution in [3.63, 3.8) is 0 Å². The molecule has 0 bridgehead atoms. The van der Waals surface area contributed by atoms with E-state index in [-0.39, 0.29) is 0 Å². The summed E-state index contributed by atoms with van der Waals surface area (Å²) in [7, 11) is 0. The molecule has 0 unspecified atom stereocenters. The summed E-state index contributed by atoms with van der Waals surface area (Å²) in [6, 6.07) is 0. The van der Waals surface area contributed by atoms with E-state index in [9.17, 15) is 0 Å². The SMILES string of the molecule is C=COC(=C)CC.CC. The zero-order chi connectivity index (χ0) is 7.70. The first-order chi connectivity index (χ1) is 4.31. The summed E-state index contributed by atoms with van der Waals surface area (Å²) in [5.74, 6) is 0.759. The second-order valence-corrected chi connectivity index (χ2v) is 1.18. The van der Waals surface area contributed by atoms with E-state index in [4.69, 9.17) is 4.74 Å². The molecule has 0 radical (unpaired) electrons. The molecule has 0 N–H and O–H groups in total. The van der Waals surface area contributed by atoms with Crippen LogP contribution >= 0.6 is 0 Å². The van der Waals surface area contributed by atoms with Crippen LogP contribution in [0.25, 0.3) is 0 Å². The summed E-state index contributed by atoms with van der Waals surface area (Å²) in [6.07, 6.45) is 2.23. The zero-order valence-corrected chi connectivity index (χ0v) is 6.61. The second kappa shape index (κ2) is 10.3. The minimum absolute atomic E-state index is 0.759. The Kier molecular flexibility index (Phi) is 12.7. The minimum atomic E-state index is 0.759. The first kappa shape index (κ1) is 11.1. The van der Waals surface area contributed by atoms with Crippen molar-refractivity contribution < 1.29 is 4.74 Å². The van der Waals surface area contributed by atoms with E-state index in [1.54, 1.807) is 0 Å². The van der Waals surface area contributed by atoms with Crippen LogP contribution in [0.1, 0.15) is 27.2 Å². The van der Waals surface area contributed by atoms with Gasteiger partial charge in [0, 0.05) is 6.42 Å². The lowest BCUT2D eigenvalue weighted by atomic mass is 10.4. The average Bonchev–Trinajstić information content (AvgIpc) is 1.93. The molecule has 0 aliphatic rings. The summed E-state index contributed by atoms with van der Waals surface area (Å²) in [6.45, 7) is 12.9. The van der Waals surface area contributed by atoms with Gasteiger partial charge in [0.2, 0.25) is 0 Å². The summed E-state index contributed by atoms with van der Waals surface area (Å²) in [5.41, 5.74) is 0. The van der Waals surface area contributed by atoms with Crippen molar-refractivity contribution in [1.29, 1.82) is 0 Å². The molecule has 0 aliphatic heterocycles. The maximum absolute atomic E-state index is 4.76. The molecule has 0 heterocycles. The van der Waals surface area contributed by atoms with E-state index in [1.165, 1.54) is 6.26 Å². The highest BCUT2D eigenvalue weighted by Crippen LogP contribution is 1.96. The van der Waals surface area contributed by atoms with Gasteiger partial charge in [-0.15, -0.1) is 0 Å². The van der Waals surface area contributed by atoms with Crippen LogP contribution in [0.5, 0.6) is 0 Å². The second-order valence-electron chi connectivity index (χ2n) is 1.18. The lowest BCUT2D eigenvalue weighted by Crippen LogP contribution is -1.76. The van der Waals surface area contributed by atoms with Gasteiger partial charge in [-0.3, -0.25) is 0 Å². The third-order valence-corrected chi connectivity index (χ3v) is 0.644. The predicted molar refractivity (Wildman–Crippen MR) is 42.1 cm³/mol. The van der Waals surface area contributed by atoms with Crippen LogP contribution in [0.15, 0.2) is 25.2 Å². The molecule has 0 saturated carbocycles. The van der Waals surface area contributed by atoms with Crippen molar-refractivity contribution in [1.82, 2.24) is 0 Å². The van der Waals surface area contributed by atoms with Crippen molar-refractivity contribution in [3.8, 4) is 0 Å². The average molecular weight is 128 g/mol. The Morgan fingerprint density at radius 3 is 2.11 bits per heavy atom. The summed E-state index contributed by atoms with van der Waals surface area (Å²) in [4.78, 5) is 0. The fourth-order valence-electron chi connectivity index (χ4n) is 0.201. The number of allylic oxidation sites excluding steroid dienone is 1. The molecule has 0 aromatic rings. The van der Waals surface area contributed by atoms with Gasteiger partial charge in [-0.05, 0) is 0 Å².